The van der Waals surface area contributed by atoms with Gasteiger partial charge in [0.1, 0.15) is 0 Å². The second kappa shape index (κ2) is 4.78. The van der Waals surface area contributed by atoms with E-state index >= 15 is 0 Å². The second-order valence-corrected chi connectivity index (χ2v) is 5.28. The van der Waals surface area contributed by atoms with Crippen LogP contribution in [0, 0.1) is 0 Å². The molecule has 18 heavy (non-hydrogen) atoms. The van der Waals surface area contributed by atoms with Crippen molar-refractivity contribution in [3.05, 3.63) is 34.9 Å². The van der Waals surface area contributed by atoms with E-state index in [9.17, 15) is 4.79 Å². The van der Waals surface area contributed by atoms with Gasteiger partial charge in [-0.1, -0.05) is 23.7 Å². The maximum atomic E-state index is 12.2. The van der Waals surface area contributed by atoms with Crippen molar-refractivity contribution < 1.29 is 4.79 Å². The van der Waals surface area contributed by atoms with Gasteiger partial charge in [-0.05, 0) is 17.7 Å². The molecule has 2 heterocycles. The Hall–Kier alpha value is -1.26. The summed E-state index contributed by atoms with van der Waals surface area (Å²) in [6, 6.07) is 8.18. The number of nitrogens with one attached hydrogen (secondary N) is 1. The lowest BCUT2D eigenvalue weighted by molar-refractivity contribution is 0.178. The van der Waals surface area contributed by atoms with E-state index in [-0.39, 0.29) is 6.03 Å². The third-order valence-corrected chi connectivity index (χ3v) is 3.84. The lowest BCUT2D eigenvalue weighted by Gasteiger charge is -2.28. The van der Waals surface area contributed by atoms with Crippen LogP contribution in [-0.4, -0.2) is 48.1 Å². The van der Waals surface area contributed by atoms with Gasteiger partial charge >= 0.3 is 6.03 Å². The standard InChI is InChI=1S/C13H16ClN3O/c14-11-3-1-10(2-4-11)8-16-9-12-7-15-5-6-17(12)13(16)18/h1-4,12,15H,5-9H2. The Bertz CT molecular complexity index is 448. The van der Waals surface area contributed by atoms with Gasteiger partial charge in [0.05, 0.1) is 6.04 Å². The first kappa shape index (κ1) is 11.8. The maximum absolute atomic E-state index is 12.2. The molecule has 1 N–H and O–H groups in total. The lowest BCUT2D eigenvalue weighted by Crippen LogP contribution is -2.49. The van der Waals surface area contributed by atoms with Gasteiger partial charge in [-0.25, -0.2) is 4.79 Å². The average molecular weight is 266 g/mol. The quantitative estimate of drug-likeness (QED) is 0.881. The molecule has 1 aromatic carbocycles. The fraction of sp³-hybridized carbons (Fsp3) is 0.462. The number of rotatable bonds is 2. The molecular weight excluding hydrogens is 250 g/mol. The molecule has 1 atom stereocenters. The van der Waals surface area contributed by atoms with E-state index in [1.807, 2.05) is 34.1 Å². The predicted molar refractivity (Wildman–Crippen MR) is 70.6 cm³/mol. The summed E-state index contributed by atoms with van der Waals surface area (Å²) >= 11 is 5.86. The fourth-order valence-corrected chi connectivity index (χ4v) is 2.76. The molecule has 0 aromatic heterocycles. The van der Waals surface area contributed by atoms with Crippen LogP contribution in [0.4, 0.5) is 4.79 Å². The first-order valence-corrected chi connectivity index (χ1v) is 6.62. The van der Waals surface area contributed by atoms with Crippen LogP contribution in [0.25, 0.3) is 0 Å². The summed E-state index contributed by atoms with van der Waals surface area (Å²) in [7, 11) is 0. The molecule has 2 aliphatic heterocycles. The largest absolute Gasteiger partial charge is 0.320 e. The molecule has 0 aliphatic carbocycles. The molecule has 3 rings (SSSR count). The summed E-state index contributed by atoms with van der Waals surface area (Å²) in [4.78, 5) is 16.1. The Balaban J connectivity index is 1.70. The summed E-state index contributed by atoms with van der Waals surface area (Å²) in [6.07, 6.45) is 0. The molecule has 0 saturated carbocycles. The highest BCUT2D eigenvalue weighted by molar-refractivity contribution is 6.30. The number of urea groups is 1. The molecule has 96 valence electrons. The van der Waals surface area contributed by atoms with Crippen molar-refractivity contribution in [2.24, 2.45) is 0 Å². The van der Waals surface area contributed by atoms with Gasteiger partial charge in [0.15, 0.2) is 0 Å². The number of fused-ring (bicyclic) bond motifs is 1. The normalized spacial score (nSPS) is 23.4. The van der Waals surface area contributed by atoms with Crippen molar-refractivity contribution in [2.75, 3.05) is 26.2 Å². The molecule has 0 bridgehead atoms. The van der Waals surface area contributed by atoms with E-state index < -0.39 is 0 Å². The van der Waals surface area contributed by atoms with E-state index in [1.165, 1.54) is 0 Å². The smallest absolute Gasteiger partial charge is 0.318 e. The minimum absolute atomic E-state index is 0.163. The van der Waals surface area contributed by atoms with Gasteiger partial charge in [-0.15, -0.1) is 0 Å². The first-order chi connectivity index (χ1) is 8.74. The highest BCUT2D eigenvalue weighted by Crippen LogP contribution is 2.20. The van der Waals surface area contributed by atoms with Gasteiger partial charge in [0, 0.05) is 37.7 Å². The molecule has 0 spiro atoms. The van der Waals surface area contributed by atoms with Crippen molar-refractivity contribution in [1.29, 1.82) is 0 Å². The Labute approximate surface area is 112 Å². The molecule has 2 saturated heterocycles. The predicted octanol–water partition coefficient (Wildman–Crippen LogP) is 1.55. The van der Waals surface area contributed by atoms with E-state index in [1.54, 1.807) is 0 Å². The second-order valence-electron chi connectivity index (χ2n) is 4.84. The number of hydrogen-bond donors (Lipinski definition) is 1. The van der Waals surface area contributed by atoms with Crippen molar-refractivity contribution in [3.8, 4) is 0 Å². The monoisotopic (exact) mass is 265 g/mol. The van der Waals surface area contributed by atoms with Gasteiger partial charge in [0.2, 0.25) is 0 Å². The number of hydrogen-bond acceptors (Lipinski definition) is 2. The van der Waals surface area contributed by atoms with E-state index in [2.05, 4.69) is 5.32 Å². The van der Waals surface area contributed by atoms with Crippen molar-refractivity contribution >= 4 is 17.6 Å². The molecule has 2 aliphatic rings. The van der Waals surface area contributed by atoms with Crippen molar-refractivity contribution in [3.63, 3.8) is 0 Å². The first-order valence-electron chi connectivity index (χ1n) is 6.25. The van der Waals surface area contributed by atoms with Crippen LogP contribution in [0.5, 0.6) is 0 Å². The zero-order valence-corrected chi connectivity index (χ0v) is 10.9. The summed E-state index contributed by atoms with van der Waals surface area (Å²) in [5, 5.41) is 4.06. The summed E-state index contributed by atoms with van der Waals surface area (Å²) < 4.78 is 0. The molecule has 1 aromatic rings. The molecular formula is C13H16ClN3O. The van der Waals surface area contributed by atoms with E-state index in [4.69, 9.17) is 11.6 Å². The Morgan fingerprint density at radius 1 is 1.33 bits per heavy atom. The van der Waals surface area contributed by atoms with Gasteiger partial charge in [-0.2, -0.15) is 0 Å². The minimum Gasteiger partial charge on any atom is -0.318 e. The minimum atomic E-state index is 0.163. The van der Waals surface area contributed by atoms with Gasteiger partial charge in [-0.3, -0.25) is 0 Å². The molecule has 2 amide bonds. The van der Waals surface area contributed by atoms with Crippen LogP contribution >= 0.6 is 11.6 Å². The number of halogens is 1. The zero-order chi connectivity index (χ0) is 12.5. The van der Waals surface area contributed by atoms with Crippen LogP contribution in [0.15, 0.2) is 24.3 Å². The summed E-state index contributed by atoms with van der Waals surface area (Å²) in [5.74, 6) is 0. The van der Waals surface area contributed by atoms with Crippen LogP contribution in [0.1, 0.15) is 5.56 Å². The lowest BCUT2D eigenvalue weighted by atomic mass is 10.2. The van der Waals surface area contributed by atoms with E-state index in [0.717, 1.165) is 36.8 Å². The highest BCUT2D eigenvalue weighted by Gasteiger charge is 2.38. The third kappa shape index (κ3) is 2.18. The number of benzene rings is 1. The molecule has 4 nitrogen and oxygen atoms in total. The molecule has 5 heteroatoms. The highest BCUT2D eigenvalue weighted by atomic mass is 35.5. The van der Waals surface area contributed by atoms with E-state index in [0.29, 0.717) is 12.6 Å². The summed E-state index contributed by atoms with van der Waals surface area (Å²) in [6.45, 7) is 4.11. The van der Waals surface area contributed by atoms with Crippen LogP contribution in [-0.2, 0) is 6.54 Å². The van der Waals surface area contributed by atoms with Crippen LogP contribution in [0.2, 0.25) is 5.02 Å². The number of nitrogens with zero attached hydrogens (tertiary/aromatic N) is 2. The van der Waals surface area contributed by atoms with Crippen molar-refractivity contribution in [2.45, 2.75) is 12.6 Å². The van der Waals surface area contributed by atoms with Gasteiger partial charge < -0.3 is 15.1 Å². The maximum Gasteiger partial charge on any atom is 0.320 e. The Morgan fingerprint density at radius 3 is 2.83 bits per heavy atom. The molecule has 0 radical (unpaired) electrons. The fourth-order valence-electron chi connectivity index (χ4n) is 2.63. The zero-order valence-electron chi connectivity index (χ0n) is 10.1. The Kier molecular flexibility index (Phi) is 3.14. The van der Waals surface area contributed by atoms with Crippen LogP contribution in [0.3, 0.4) is 0 Å². The average Bonchev–Trinajstić information content (AvgIpc) is 2.70. The Morgan fingerprint density at radius 2 is 2.11 bits per heavy atom. The third-order valence-electron chi connectivity index (χ3n) is 3.58. The SMILES string of the molecule is O=C1N(Cc2ccc(Cl)cc2)CC2CNCCN12. The number of carbonyl (C=O) groups is 1. The topological polar surface area (TPSA) is 35.6 Å². The number of carbonyl (C=O) groups excluding carboxylic acids is 1. The molecule has 2 fully saturated rings. The molecule has 1 unspecified atom stereocenters. The van der Waals surface area contributed by atoms with Gasteiger partial charge in [0.25, 0.3) is 0 Å². The number of piperazine rings is 1. The van der Waals surface area contributed by atoms with Crippen LogP contribution < -0.4 is 5.32 Å². The summed E-state index contributed by atoms with van der Waals surface area (Å²) in [5.41, 5.74) is 1.13. The number of amides is 2. The van der Waals surface area contributed by atoms with Crippen molar-refractivity contribution in [1.82, 2.24) is 15.1 Å².